The molecule has 1 aliphatic rings. The molecule has 1 aliphatic carbocycles. The van der Waals surface area contributed by atoms with Gasteiger partial charge in [-0.25, -0.2) is 4.79 Å². The van der Waals surface area contributed by atoms with Crippen LogP contribution in [0.1, 0.15) is 49.8 Å². The molecule has 1 atom stereocenters. The SMILES string of the molecule is COc1ccc(Cn2c(=O)n(C3CCCC(=C(C)C(O)O)C3)c3ccc(C#N)cc32)cc1Cl. The Balaban J connectivity index is 1.83. The lowest BCUT2D eigenvalue weighted by Crippen LogP contribution is -2.29. The maximum Gasteiger partial charge on any atom is 0.329 e. The van der Waals surface area contributed by atoms with E-state index in [0.29, 0.717) is 40.4 Å². The van der Waals surface area contributed by atoms with Gasteiger partial charge >= 0.3 is 5.69 Å². The van der Waals surface area contributed by atoms with Crippen molar-refractivity contribution in [1.82, 2.24) is 9.13 Å². The molecule has 2 N–H and O–H groups in total. The predicted octanol–water partition coefficient (Wildman–Crippen LogP) is 4.13. The van der Waals surface area contributed by atoms with Gasteiger partial charge in [0.25, 0.3) is 0 Å². The lowest BCUT2D eigenvalue weighted by atomic mass is 9.87. The minimum atomic E-state index is -1.49. The molecule has 7 nitrogen and oxygen atoms in total. The first kappa shape index (κ1) is 23.1. The van der Waals surface area contributed by atoms with E-state index >= 15 is 0 Å². The van der Waals surface area contributed by atoms with Gasteiger partial charge in [0.05, 0.1) is 41.3 Å². The minimum absolute atomic E-state index is 0.105. The van der Waals surface area contributed by atoms with Crippen molar-refractivity contribution in [2.75, 3.05) is 7.11 Å². The lowest BCUT2D eigenvalue weighted by molar-refractivity contribution is -0.00903. The number of nitriles is 1. The second-order valence-corrected chi connectivity index (χ2v) is 8.84. The molecule has 4 rings (SSSR count). The number of fused-ring (bicyclic) bond motifs is 1. The smallest absolute Gasteiger partial charge is 0.329 e. The van der Waals surface area contributed by atoms with Gasteiger partial charge in [-0.3, -0.25) is 9.13 Å². The summed E-state index contributed by atoms with van der Waals surface area (Å²) >= 11 is 6.29. The second kappa shape index (κ2) is 9.44. The second-order valence-electron chi connectivity index (χ2n) is 8.43. The number of aliphatic hydroxyl groups is 2. The van der Waals surface area contributed by atoms with Crippen LogP contribution in [0.2, 0.25) is 5.02 Å². The normalized spacial score (nSPS) is 17.9. The van der Waals surface area contributed by atoms with Crippen molar-refractivity contribution in [3.05, 3.63) is 74.2 Å². The first-order chi connectivity index (χ1) is 15.8. The predicted molar refractivity (Wildman–Crippen MR) is 126 cm³/mol. The number of aromatic nitrogens is 2. The molecule has 0 radical (unpaired) electrons. The van der Waals surface area contributed by atoms with Gasteiger partial charge in [-0.05, 0) is 74.1 Å². The Morgan fingerprint density at radius 2 is 2.06 bits per heavy atom. The first-order valence-electron chi connectivity index (χ1n) is 10.9. The molecular weight excluding hydrogens is 442 g/mol. The average molecular weight is 468 g/mol. The third kappa shape index (κ3) is 4.42. The van der Waals surface area contributed by atoms with E-state index in [1.165, 1.54) is 0 Å². The van der Waals surface area contributed by atoms with Crippen LogP contribution < -0.4 is 10.4 Å². The number of rotatable bonds is 5. The zero-order valence-corrected chi connectivity index (χ0v) is 19.3. The highest BCUT2D eigenvalue weighted by Gasteiger charge is 2.26. The number of benzene rings is 2. The molecule has 2 aromatic carbocycles. The van der Waals surface area contributed by atoms with E-state index in [-0.39, 0.29) is 11.7 Å². The Morgan fingerprint density at radius 1 is 1.27 bits per heavy atom. The number of halogens is 1. The third-order valence-corrected chi connectivity index (χ3v) is 6.75. The van der Waals surface area contributed by atoms with Crippen molar-refractivity contribution in [1.29, 1.82) is 5.26 Å². The summed E-state index contributed by atoms with van der Waals surface area (Å²) in [7, 11) is 1.55. The Bertz CT molecular complexity index is 1330. The fourth-order valence-corrected chi connectivity index (χ4v) is 4.93. The number of ether oxygens (including phenoxy) is 1. The van der Waals surface area contributed by atoms with Crippen LogP contribution >= 0.6 is 11.6 Å². The summed E-state index contributed by atoms with van der Waals surface area (Å²) in [6.45, 7) is 2.02. The molecule has 172 valence electrons. The summed E-state index contributed by atoms with van der Waals surface area (Å²) in [4.78, 5) is 13.7. The molecule has 3 aromatic rings. The van der Waals surface area contributed by atoms with Crippen LogP contribution in [0, 0.1) is 11.3 Å². The minimum Gasteiger partial charge on any atom is -0.495 e. The summed E-state index contributed by atoms with van der Waals surface area (Å²) in [6.07, 6.45) is 1.54. The molecule has 0 saturated heterocycles. The van der Waals surface area contributed by atoms with Gasteiger partial charge in [-0.2, -0.15) is 5.26 Å². The summed E-state index contributed by atoms with van der Waals surface area (Å²) in [5.41, 5.74) is 4.12. The number of allylic oxidation sites excluding steroid dienone is 1. The molecule has 1 unspecified atom stereocenters. The van der Waals surface area contributed by atoms with E-state index < -0.39 is 6.29 Å². The molecule has 1 aromatic heterocycles. The fraction of sp³-hybridized carbons (Fsp3) is 0.360. The van der Waals surface area contributed by atoms with Crippen molar-refractivity contribution in [3.63, 3.8) is 0 Å². The van der Waals surface area contributed by atoms with Gasteiger partial charge in [-0.1, -0.05) is 23.2 Å². The van der Waals surface area contributed by atoms with Crippen LogP contribution in [0.4, 0.5) is 0 Å². The third-order valence-electron chi connectivity index (χ3n) is 6.46. The van der Waals surface area contributed by atoms with Crippen LogP contribution in [-0.2, 0) is 6.54 Å². The van der Waals surface area contributed by atoms with Crippen molar-refractivity contribution < 1.29 is 14.9 Å². The largest absolute Gasteiger partial charge is 0.495 e. The molecule has 0 bridgehead atoms. The Kier molecular flexibility index (Phi) is 6.61. The Labute approximate surface area is 196 Å². The van der Waals surface area contributed by atoms with Gasteiger partial charge in [0, 0.05) is 6.04 Å². The molecule has 0 aliphatic heterocycles. The summed E-state index contributed by atoms with van der Waals surface area (Å²) in [5, 5.41) is 29.1. The molecular formula is C25H26ClN3O4. The Hall–Kier alpha value is -3.05. The van der Waals surface area contributed by atoms with Gasteiger partial charge in [-0.15, -0.1) is 0 Å². The Morgan fingerprint density at radius 3 is 2.73 bits per heavy atom. The summed E-state index contributed by atoms with van der Waals surface area (Å²) < 4.78 is 8.68. The fourth-order valence-electron chi connectivity index (χ4n) is 4.65. The maximum absolute atomic E-state index is 13.7. The van der Waals surface area contributed by atoms with E-state index in [4.69, 9.17) is 16.3 Å². The maximum atomic E-state index is 13.7. The van der Waals surface area contributed by atoms with Crippen molar-refractivity contribution in [2.45, 2.75) is 51.5 Å². The number of hydrogen-bond donors (Lipinski definition) is 2. The molecule has 0 spiro atoms. The van der Waals surface area contributed by atoms with Crippen molar-refractivity contribution in [3.8, 4) is 11.8 Å². The zero-order valence-electron chi connectivity index (χ0n) is 18.6. The van der Waals surface area contributed by atoms with Gasteiger partial charge in [0.2, 0.25) is 0 Å². The standard InChI is InChI=1S/C25H26ClN3O4/c1-15(24(30)31)18-4-3-5-19(12-18)29-21-8-6-16(13-27)11-22(21)28(25(29)32)14-17-7-9-23(33-2)20(26)10-17/h6-11,19,24,30-31H,3-5,12,14H2,1-2H3. The van der Waals surface area contributed by atoms with Crippen LogP contribution in [0.25, 0.3) is 11.0 Å². The van der Waals surface area contributed by atoms with Gasteiger partial charge < -0.3 is 14.9 Å². The van der Waals surface area contributed by atoms with Crippen LogP contribution in [0.15, 0.2) is 52.3 Å². The van der Waals surface area contributed by atoms with E-state index in [1.54, 1.807) is 47.4 Å². The number of hydrogen-bond acceptors (Lipinski definition) is 5. The van der Waals surface area contributed by atoms with Crippen molar-refractivity contribution in [2.24, 2.45) is 0 Å². The van der Waals surface area contributed by atoms with E-state index in [9.17, 15) is 20.3 Å². The zero-order chi connectivity index (χ0) is 23.7. The number of nitrogens with zero attached hydrogens (tertiary/aromatic N) is 3. The van der Waals surface area contributed by atoms with Gasteiger partial charge in [0.1, 0.15) is 5.75 Å². The average Bonchev–Trinajstić information content (AvgIpc) is 3.09. The molecule has 33 heavy (non-hydrogen) atoms. The first-order valence-corrected chi connectivity index (χ1v) is 11.2. The highest BCUT2D eigenvalue weighted by atomic mass is 35.5. The highest BCUT2D eigenvalue weighted by molar-refractivity contribution is 6.32. The topological polar surface area (TPSA) is 100 Å². The van der Waals surface area contributed by atoms with Gasteiger partial charge in [0.15, 0.2) is 6.29 Å². The molecule has 0 amide bonds. The van der Waals surface area contributed by atoms with Crippen LogP contribution in [0.5, 0.6) is 5.75 Å². The molecule has 1 fully saturated rings. The summed E-state index contributed by atoms with van der Waals surface area (Å²) in [6, 6.07) is 12.7. The van der Waals surface area contributed by atoms with E-state index in [2.05, 4.69) is 6.07 Å². The number of aliphatic hydroxyl groups excluding tert-OH is 1. The van der Waals surface area contributed by atoms with Crippen LogP contribution in [0.3, 0.4) is 0 Å². The van der Waals surface area contributed by atoms with E-state index in [1.807, 2.05) is 12.1 Å². The van der Waals surface area contributed by atoms with Crippen molar-refractivity contribution >= 4 is 22.6 Å². The molecule has 8 heteroatoms. The monoisotopic (exact) mass is 467 g/mol. The number of methoxy groups -OCH3 is 1. The quantitative estimate of drug-likeness (QED) is 0.434. The molecule has 1 saturated carbocycles. The van der Waals surface area contributed by atoms with E-state index in [0.717, 1.165) is 35.9 Å². The lowest BCUT2D eigenvalue weighted by Gasteiger charge is -2.27. The highest BCUT2D eigenvalue weighted by Crippen LogP contribution is 2.36. The number of imidazole rings is 1. The summed E-state index contributed by atoms with van der Waals surface area (Å²) in [5.74, 6) is 0.560. The van der Waals surface area contributed by atoms with Crippen LogP contribution in [-0.4, -0.2) is 32.7 Å². The molecule has 1 heterocycles.